The summed E-state index contributed by atoms with van der Waals surface area (Å²) in [4.78, 5) is 14.1. The number of hydrogen-bond acceptors (Lipinski definition) is 3. The fraction of sp³-hybridized carbons (Fsp3) is 0.562. The number of amides is 1. The maximum Gasteiger partial charge on any atom is 0.407 e. The lowest BCUT2D eigenvalue weighted by Crippen LogP contribution is -2.34. The number of nitrogens with one attached hydrogen (secondary N) is 1. The first kappa shape index (κ1) is 14.9. The molecule has 0 saturated carbocycles. The van der Waals surface area contributed by atoms with Gasteiger partial charge in [-0.25, -0.2) is 4.79 Å². The number of alkyl carbamates (subject to hydrolysis) is 1. The monoisotopic (exact) mass is 276 g/mol. The molecule has 1 aliphatic rings. The summed E-state index contributed by atoms with van der Waals surface area (Å²) in [5.74, 6) is 0.456. The van der Waals surface area contributed by atoms with Crippen molar-refractivity contribution in [2.45, 2.75) is 26.4 Å². The molecule has 1 heterocycles. The van der Waals surface area contributed by atoms with Crippen LogP contribution < -0.4 is 5.32 Å². The van der Waals surface area contributed by atoms with E-state index in [1.54, 1.807) is 0 Å². The molecule has 0 radical (unpaired) electrons. The SMILES string of the molecule is CC(CNC(=O)OCc1ccccc1)CN1CCCC1. The molecule has 1 amide bonds. The van der Waals surface area contributed by atoms with Crippen LogP contribution in [-0.2, 0) is 11.3 Å². The molecule has 1 aromatic carbocycles. The topological polar surface area (TPSA) is 41.6 Å². The maximum atomic E-state index is 11.6. The minimum Gasteiger partial charge on any atom is -0.445 e. The van der Waals surface area contributed by atoms with Gasteiger partial charge in [0.2, 0.25) is 0 Å². The van der Waals surface area contributed by atoms with E-state index in [0.29, 0.717) is 19.1 Å². The van der Waals surface area contributed by atoms with Crippen LogP contribution >= 0.6 is 0 Å². The van der Waals surface area contributed by atoms with Crippen LogP contribution in [0, 0.1) is 5.92 Å². The van der Waals surface area contributed by atoms with Crippen molar-refractivity contribution in [3.05, 3.63) is 35.9 Å². The van der Waals surface area contributed by atoms with Crippen LogP contribution in [0.3, 0.4) is 0 Å². The lowest BCUT2D eigenvalue weighted by Gasteiger charge is -2.20. The van der Waals surface area contributed by atoms with Gasteiger partial charge >= 0.3 is 6.09 Å². The van der Waals surface area contributed by atoms with Crippen molar-refractivity contribution in [3.63, 3.8) is 0 Å². The molecule has 1 unspecified atom stereocenters. The number of likely N-dealkylation sites (tertiary alicyclic amines) is 1. The first-order valence-corrected chi connectivity index (χ1v) is 7.41. The third-order valence-corrected chi connectivity index (χ3v) is 3.58. The van der Waals surface area contributed by atoms with Crippen molar-refractivity contribution in [3.8, 4) is 0 Å². The molecule has 20 heavy (non-hydrogen) atoms. The third kappa shape index (κ3) is 5.21. The number of hydrogen-bond donors (Lipinski definition) is 1. The van der Waals surface area contributed by atoms with E-state index in [4.69, 9.17) is 4.74 Å². The second-order valence-corrected chi connectivity index (χ2v) is 5.56. The molecule has 0 aliphatic carbocycles. The summed E-state index contributed by atoms with van der Waals surface area (Å²) >= 11 is 0. The van der Waals surface area contributed by atoms with E-state index in [1.807, 2.05) is 30.3 Å². The number of benzene rings is 1. The normalized spacial score (nSPS) is 16.9. The first-order chi connectivity index (χ1) is 9.74. The number of carbonyl (C=O) groups excluding carboxylic acids is 1. The Balaban J connectivity index is 1.59. The molecule has 1 aromatic rings. The molecule has 2 rings (SSSR count). The molecule has 1 aliphatic heterocycles. The van der Waals surface area contributed by atoms with Crippen molar-refractivity contribution in [1.29, 1.82) is 0 Å². The average molecular weight is 276 g/mol. The van der Waals surface area contributed by atoms with Gasteiger partial charge < -0.3 is 15.0 Å². The molecule has 1 N–H and O–H groups in total. The maximum absolute atomic E-state index is 11.6. The Morgan fingerprint density at radius 2 is 2.00 bits per heavy atom. The highest BCUT2D eigenvalue weighted by Gasteiger charge is 2.15. The minimum atomic E-state index is -0.331. The largest absolute Gasteiger partial charge is 0.445 e. The fourth-order valence-electron chi connectivity index (χ4n) is 2.50. The summed E-state index contributed by atoms with van der Waals surface area (Å²) in [5.41, 5.74) is 1.01. The summed E-state index contributed by atoms with van der Waals surface area (Å²) in [6, 6.07) is 9.72. The molecule has 1 saturated heterocycles. The van der Waals surface area contributed by atoms with Gasteiger partial charge in [0.05, 0.1) is 0 Å². The van der Waals surface area contributed by atoms with E-state index >= 15 is 0 Å². The highest BCUT2D eigenvalue weighted by Crippen LogP contribution is 2.09. The van der Waals surface area contributed by atoms with Gasteiger partial charge in [-0.05, 0) is 37.4 Å². The van der Waals surface area contributed by atoms with E-state index in [2.05, 4.69) is 17.1 Å². The van der Waals surface area contributed by atoms with Crippen LogP contribution in [0.15, 0.2) is 30.3 Å². The molecule has 1 fully saturated rings. The number of ether oxygens (including phenoxy) is 1. The molecular formula is C16H24N2O2. The van der Waals surface area contributed by atoms with E-state index in [0.717, 1.165) is 12.1 Å². The third-order valence-electron chi connectivity index (χ3n) is 3.58. The Morgan fingerprint density at radius 3 is 2.70 bits per heavy atom. The zero-order valence-corrected chi connectivity index (χ0v) is 12.2. The molecular weight excluding hydrogens is 252 g/mol. The van der Waals surface area contributed by atoms with Crippen LogP contribution in [0.1, 0.15) is 25.3 Å². The highest BCUT2D eigenvalue weighted by molar-refractivity contribution is 5.67. The smallest absolute Gasteiger partial charge is 0.407 e. The van der Waals surface area contributed by atoms with Gasteiger partial charge in [-0.2, -0.15) is 0 Å². The average Bonchev–Trinajstić information content (AvgIpc) is 2.97. The van der Waals surface area contributed by atoms with Gasteiger partial charge in [-0.1, -0.05) is 37.3 Å². The molecule has 4 nitrogen and oxygen atoms in total. The van der Waals surface area contributed by atoms with Crippen molar-refractivity contribution < 1.29 is 9.53 Å². The lowest BCUT2D eigenvalue weighted by molar-refractivity contribution is 0.137. The van der Waals surface area contributed by atoms with Gasteiger partial charge in [0.15, 0.2) is 0 Å². The Bertz CT molecular complexity index is 402. The van der Waals surface area contributed by atoms with Gasteiger partial charge in [-0.3, -0.25) is 0 Å². The predicted molar refractivity (Wildman–Crippen MR) is 79.5 cm³/mol. The zero-order chi connectivity index (χ0) is 14.2. The standard InChI is InChI=1S/C16H24N2O2/c1-14(12-18-9-5-6-10-18)11-17-16(19)20-13-15-7-3-2-4-8-15/h2-4,7-8,14H,5-6,9-13H2,1H3,(H,17,19). The van der Waals surface area contributed by atoms with Gasteiger partial charge in [0.25, 0.3) is 0 Å². The van der Waals surface area contributed by atoms with Gasteiger partial charge in [0.1, 0.15) is 6.61 Å². The Kier molecular flexibility index (Phi) is 5.87. The van der Waals surface area contributed by atoms with Crippen LogP contribution in [-0.4, -0.2) is 37.2 Å². The Hall–Kier alpha value is -1.55. The van der Waals surface area contributed by atoms with E-state index in [9.17, 15) is 4.79 Å². The Morgan fingerprint density at radius 1 is 1.30 bits per heavy atom. The van der Waals surface area contributed by atoms with Crippen LogP contribution in [0.25, 0.3) is 0 Å². The summed E-state index contributed by atoms with van der Waals surface area (Å²) in [6.45, 7) is 6.61. The minimum absolute atomic E-state index is 0.327. The summed E-state index contributed by atoms with van der Waals surface area (Å²) in [6.07, 6.45) is 2.28. The second kappa shape index (κ2) is 7.90. The van der Waals surface area contributed by atoms with Gasteiger partial charge in [0, 0.05) is 13.1 Å². The quantitative estimate of drug-likeness (QED) is 0.868. The van der Waals surface area contributed by atoms with Crippen molar-refractivity contribution in [2.75, 3.05) is 26.2 Å². The van der Waals surface area contributed by atoms with Crippen molar-refractivity contribution in [2.24, 2.45) is 5.92 Å². The molecule has 0 spiro atoms. The first-order valence-electron chi connectivity index (χ1n) is 7.41. The molecule has 0 aromatic heterocycles. The number of carbonyl (C=O) groups is 1. The van der Waals surface area contributed by atoms with E-state index in [1.165, 1.54) is 25.9 Å². The lowest BCUT2D eigenvalue weighted by atomic mass is 10.1. The van der Waals surface area contributed by atoms with Crippen molar-refractivity contribution >= 4 is 6.09 Å². The predicted octanol–water partition coefficient (Wildman–Crippen LogP) is 2.64. The van der Waals surface area contributed by atoms with Crippen molar-refractivity contribution in [1.82, 2.24) is 10.2 Å². The molecule has 110 valence electrons. The number of rotatable bonds is 6. The Labute approximate surface area is 121 Å². The summed E-state index contributed by atoms with van der Waals surface area (Å²) < 4.78 is 5.18. The molecule has 0 bridgehead atoms. The summed E-state index contributed by atoms with van der Waals surface area (Å²) in [5, 5.41) is 2.84. The van der Waals surface area contributed by atoms with Gasteiger partial charge in [-0.15, -0.1) is 0 Å². The fourth-order valence-corrected chi connectivity index (χ4v) is 2.50. The summed E-state index contributed by atoms with van der Waals surface area (Å²) in [7, 11) is 0. The van der Waals surface area contributed by atoms with Crippen LogP contribution in [0.5, 0.6) is 0 Å². The molecule has 4 heteroatoms. The number of nitrogens with zero attached hydrogens (tertiary/aromatic N) is 1. The van der Waals surface area contributed by atoms with Crippen LogP contribution in [0.4, 0.5) is 4.79 Å². The van der Waals surface area contributed by atoms with Crippen LogP contribution in [0.2, 0.25) is 0 Å². The highest BCUT2D eigenvalue weighted by atomic mass is 16.5. The van der Waals surface area contributed by atoms with E-state index in [-0.39, 0.29) is 6.09 Å². The molecule has 1 atom stereocenters. The van der Waals surface area contributed by atoms with E-state index < -0.39 is 0 Å². The zero-order valence-electron chi connectivity index (χ0n) is 12.2. The second-order valence-electron chi connectivity index (χ2n) is 5.56.